The van der Waals surface area contributed by atoms with Crippen molar-refractivity contribution in [2.75, 3.05) is 19.1 Å². The quantitative estimate of drug-likeness (QED) is 0.339. The number of nitrogens with one attached hydrogen (secondary N) is 1. The van der Waals surface area contributed by atoms with Crippen LogP contribution in [0.4, 0.5) is 5.69 Å². The molecule has 7 heteroatoms. The van der Waals surface area contributed by atoms with Crippen molar-refractivity contribution in [3.63, 3.8) is 0 Å². The Labute approximate surface area is 186 Å². The first-order valence-corrected chi connectivity index (χ1v) is 9.71. The van der Waals surface area contributed by atoms with E-state index >= 15 is 0 Å². The predicted octanol–water partition coefficient (Wildman–Crippen LogP) is 3.55. The van der Waals surface area contributed by atoms with Gasteiger partial charge in [0.2, 0.25) is 0 Å². The molecule has 0 unspecified atom stereocenters. The highest BCUT2D eigenvalue weighted by atomic mass is 32.1. The maximum Gasteiger partial charge on any atom is 0.270 e. The first-order chi connectivity index (χ1) is 14.9. The minimum Gasteiger partial charge on any atom is -0.497 e. The summed E-state index contributed by atoms with van der Waals surface area (Å²) in [5, 5.41) is 2.57. The van der Waals surface area contributed by atoms with Gasteiger partial charge in [-0.05, 0) is 61.6 Å². The second kappa shape index (κ2) is 9.28. The number of carbonyl (C=O) groups is 2. The van der Waals surface area contributed by atoms with Gasteiger partial charge < -0.3 is 9.47 Å². The smallest absolute Gasteiger partial charge is 0.270 e. The van der Waals surface area contributed by atoms with Gasteiger partial charge in [-0.15, -0.1) is 6.42 Å². The molecule has 2 amide bonds. The van der Waals surface area contributed by atoms with Gasteiger partial charge in [0, 0.05) is 16.7 Å². The number of anilines is 1. The summed E-state index contributed by atoms with van der Waals surface area (Å²) in [6.07, 6.45) is 10.7. The van der Waals surface area contributed by atoms with E-state index < -0.39 is 11.8 Å². The molecule has 1 aliphatic heterocycles. The van der Waals surface area contributed by atoms with Crippen molar-refractivity contribution in [2.45, 2.75) is 6.92 Å². The molecular formula is C24H20N2O4S. The summed E-state index contributed by atoms with van der Waals surface area (Å²) in [5.41, 5.74) is 2.21. The van der Waals surface area contributed by atoms with Crippen LogP contribution in [0.15, 0.2) is 48.0 Å². The second-order valence-electron chi connectivity index (χ2n) is 6.44. The van der Waals surface area contributed by atoms with Crippen molar-refractivity contribution in [1.29, 1.82) is 0 Å². The number of ether oxygens (including phenoxy) is 2. The SMILES string of the molecule is C#Cc1ccc(OC)c(/C=C2/C(=O)NC(=S)N(c3ccc(OC)cc3)C2=O)c1/C=C\C. The lowest BCUT2D eigenvalue weighted by Crippen LogP contribution is -2.54. The highest BCUT2D eigenvalue weighted by Crippen LogP contribution is 2.31. The van der Waals surface area contributed by atoms with Crippen LogP contribution in [0.5, 0.6) is 11.5 Å². The zero-order valence-electron chi connectivity index (χ0n) is 17.3. The first-order valence-electron chi connectivity index (χ1n) is 9.31. The lowest BCUT2D eigenvalue weighted by molar-refractivity contribution is -0.122. The lowest BCUT2D eigenvalue weighted by Gasteiger charge is -2.29. The molecule has 31 heavy (non-hydrogen) atoms. The Morgan fingerprint density at radius 3 is 2.35 bits per heavy atom. The Morgan fingerprint density at radius 2 is 1.77 bits per heavy atom. The molecule has 0 aliphatic carbocycles. The predicted molar refractivity (Wildman–Crippen MR) is 125 cm³/mol. The van der Waals surface area contributed by atoms with Crippen molar-refractivity contribution in [2.24, 2.45) is 0 Å². The minimum absolute atomic E-state index is 0.00432. The van der Waals surface area contributed by atoms with E-state index in [1.165, 1.54) is 18.1 Å². The highest BCUT2D eigenvalue weighted by molar-refractivity contribution is 7.80. The van der Waals surface area contributed by atoms with E-state index in [1.807, 2.05) is 13.0 Å². The van der Waals surface area contributed by atoms with Crippen LogP contribution in [0.1, 0.15) is 23.6 Å². The van der Waals surface area contributed by atoms with Gasteiger partial charge in [0.25, 0.3) is 11.8 Å². The minimum atomic E-state index is -0.598. The van der Waals surface area contributed by atoms with Crippen molar-refractivity contribution in [3.05, 3.63) is 64.7 Å². The van der Waals surface area contributed by atoms with Crippen LogP contribution in [-0.2, 0) is 9.59 Å². The van der Waals surface area contributed by atoms with E-state index in [-0.39, 0.29) is 10.7 Å². The van der Waals surface area contributed by atoms with E-state index in [1.54, 1.807) is 49.6 Å². The highest BCUT2D eigenvalue weighted by Gasteiger charge is 2.35. The summed E-state index contributed by atoms with van der Waals surface area (Å²) >= 11 is 5.25. The summed E-state index contributed by atoms with van der Waals surface area (Å²) in [6.45, 7) is 1.85. The fourth-order valence-electron chi connectivity index (χ4n) is 3.18. The molecule has 0 radical (unpaired) electrons. The molecule has 156 valence electrons. The zero-order chi connectivity index (χ0) is 22.5. The monoisotopic (exact) mass is 432 g/mol. The van der Waals surface area contributed by atoms with Crippen molar-refractivity contribution >= 4 is 47.0 Å². The molecular weight excluding hydrogens is 412 g/mol. The molecule has 1 heterocycles. The summed E-state index contributed by atoms with van der Waals surface area (Å²) < 4.78 is 10.6. The average molecular weight is 433 g/mol. The van der Waals surface area contributed by atoms with Gasteiger partial charge in [-0.1, -0.05) is 18.1 Å². The number of hydrogen-bond donors (Lipinski definition) is 1. The number of benzene rings is 2. The standard InChI is InChI=1S/C24H20N2O4S/c1-5-7-18-15(6-2)8-13-21(30-4)19(18)14-20-22(27)25-24(31)26(23(20)28)16-9-11-17(29-3)12-10-16/h2,5,7-14H,1,3-4H3,(H,25,27,31)/b7-5-,20-14-. The van der Waals surface area contributed by atoms with Gasteiger partial charge in [0.05, 0.1) is 19.9 Å². The van der Waals surface area contributed by atoms with Crippen molar-refractivity contribution < 1.29 is 19.1 Å². The summed E-state index contributed by atoms with van der Waals surface area (Å²) in [4.78, 5) is 27.3. The summed E-state index contributed by atoms with van der Waals surface area (Å²) in [6, 6.07) is 10.2. The van der Waals surface area contributed by atoms with Crippen LogP contribution in [0, 0.1) is 12.3 Å². The molecule has 0 bridgehead atoms. The van der Waals surface area contributed by atoms with Gasteiger partial charge in [0.1, 0.15) is 17.1 Å². The fourth-order valence-corrected chi connectivity index (χ4v) is 3.46. The molecule has 1 fully saturated rings. The Bertz CT molecular complexity index is 1160. The van der Waals surface area contributed by atoms with Crippen LogP contribution >= 0.6 is 12.2 Å². The normalized spacial score (nSPS) is 15.2. The van der Waals surface area contributed by atoms with Crippen LogP contribution in [0.2, 0.25) is 0 Å². The fraction of sp³-hybridized carbons (Fsp3) is 0.125. The van der Waals surface area contributed by atoms with Gasteiger partial charge in [-0.25, -0.2) is 0 Å². The van der Waals surface area contributed by atoms with E-state index in [2.05, 4.69) is 11.2 Å². The molecule has 1 N–H and O–H groups in total. The number of terminal acetylenes is 1. The maximum atomic E-state index is 13.3. The number of hydrogen-bond acceptors (Lipinski definition) is 5. The molecule has 0 aromatic heterocycles. The van der Waals surface area contributed by atoms with Gasteiger partial charge >= 0.3 is 0 Å². The Hall–Kier alpha value is -3.89. The molecule has 6 nitrogen and oxygen atoms in total. The molecule has 3 rings (SSSR count). The summed E-state index contributed by atoms with van der Waals surface area (Å²) in [5.74, 6) is 2.57. The van der Waals surface area contributed by atoms with Gasteiger partial charge in [-0.3, -0.25) is 19.8 Å². The number of carbonyl (C=O) groups excluding carboxylic acids is 2. The maximum absolute atomic E-state index is 13.3. The Kier molecular flexibility index (Phi) is 6.53. The molecule has 1 aliphatic rings. The van der Waals surface area contributed by atoms with Gasteiger partial charge in [-0.2, -0.15) is 0 Å². The third-order valence-corrected chi connectivity index (χ3v) is 4.96. The van der Waals surface area contributed by atoms with E-state index in [0.717, 1.165) is 0 Å². The van der Waals surface area contributed by atoms with Crippen molar-refractivity contribution in [3.8, 4) is 23.8 Å². The van der Waals surface area contributed by atoms with Crippen LogP contribution < -0.4 is 19.7 Å². The molecule has 0 atom stereocenters. The Morgan fingerprint density at radius 1 is 1.06 bits per heavy atom. The van der Waals surface area contributed by atoms with E-state index in [0.29, 0.717) is 33.9 Å². The number of methoxy groups -OCH3 is 2. The number of nitrogens with zero attached hydrogens (tertiary/aromatic N) is 1. The average Bonchev–Trinajstić information content (AvgIpc) is 2.77. The molecule has 0 saturated carbocycles. The lowest BCUT2D eigenvalue weighted by atomic mass is 9.96. The first kappa shape index (κ1) is 21.8. The number of amides is 2. The zero-order valence-corrected chi connectivity index (χ0v) is 18.1. The van der Waals surface area contributed by atoms with E-state index in [4.69, 9.17) is 28.1 Å². The van der Waals surface area contributed by atoms with Gasteiger partial charge in [0.15, 0.2) is 5.11 Å². The van der Waals surface area contributed by atoms with Crippen LogP contribution in [0.3, 0.4) is 0 Å². The number of allylic oxidation sites excluding steroid dienone is 1. The third kappa shape index (κ3) is 4.20. The van der Waals surface area contributed by atoms with E-state index in [9.17, 15) is 9.59 Å². The molecule has 1 saturated heterocycles. The second-order valence-corrected chi connectivity index (χ2v) is 6.83. The largest absolute Gasteiger partial charge is 0.497 e. The number of rotatable bonds is 5. The Balaban J connectivity index is 2.15. The van der Waals surface area contributed by atoms with Crippen LogP contribution in [0.25, 0.3) is 12.2 Å². The molecule has 2 aromatic rings. The van der Waals surface area contributed by atoms with Crippen molar-refractivity contribution in [1.82, 2.24) is 5.32 Å². The third-order valence-electron chi connectivity index (χ3n) is 4.68. The van der Waals surface area contributed by atoms with Crippen LogP contribution in [-0.4, -0.2) is 31.1 Å². The topological polar surface area (TPSA) is 67.9 Å². The number of thiocarbonyl (C=S) groups is 1. The molecule has 0 spiro atoms. The molecule has 2 aromatic carbocycles. The summed E-state index contributed by atoms with van der Waals surface area (Å²) in [7, 11) is 3.06.